The molecule has 11 rings (SSSR count). The van der Waals surface area contributed by atoms with Gasteiger partial charge < -0.3 is 13.7 Å². The van der Waals surface area contributed by atoms with Crippen molar-refractivity contribution in [1.82, 2.24) is 0 Å². The van der Waals surface area contributed by atoms with Crippen LogP contribution in [0.25, 0.3) is 88.4 Å². The molecule has 57 heavy (non-hydrogen) atoms. The van der Waals surface area contributed by atoms with Gasteiger partial charge in [0.15, 0.2) is 0 Å². The van der Waals surface area contributed by atoms with Crippen molar-refractivity contribution in [3.63, 3.8) is 0 Å². The van der Waals surface area contributed by atoms with E-state index in [0.717, 1.165) is 83.2 Å². The summed E-state index contributed by atoms with van der Waals surface area (Å²) in [5, 5.41) is 4.52. The highest BCUT2D eigenvalue weighted by molar-refractivity contribution is 6.09. The molecule has 3 heteroatoms. The molecule has 0 aliphatic rings. The van der Waals surface area contributed by atoms with E-state index in [1.165, 1.54) is 22.3 Å². The van der Waals surface area contributed by atoms with Crippen LogP contribution in [0.5, 0.6) is 0 Å². The molecule has 3 nitrogen and oxygen atoms in total. The van der Waals surface area contributed by atoms with Crippen LogP contribution in [0.1, 0.15) is 0 Å². The van der Waals surface area contributed by atoms with Gasteiger partial charge in [-0.05, 0) is 99.6 Å². The second-order valence-electron chi connectivity index (χ2n) is 14.5. The standard InChI is InChI=1S/C54H35NO2/c1-2-9-36(10-3-1)37-17-19-38(20-18-37)39-21-28-43(29-22-39)55(44-30-23-40(24-31-44)42-27-34-53-50(35-42)48-12-5-6-15-51(48)56-53)45-32-25-41(26-33-45)46-13-8-14-49-47-11-4-7-16-52(47)57-54(46)49/h1-35H. The van der Waals surface area contributed by atoms with E-state index in [0.29, 0.717) is 0 Å². The quantitative estimate of drug-likeness (QED) is 0.164. The third-order valence-electron chi connectivity index (χ3n) is 11.1. The lowest BCUT2D eigenvalue weighted by Crippen LogP contribution is -2.09. The maximum absolute atomic E-state index is 6.40. The molecule has 0 bridgehead atoms. The smallest absolute Gasteiger partial charge is 0.143 e. The topological polar surface area (TPSA) is 29.5 Å². The molecule has 2 heterocycles. The molecule has 268 valence electrons. The van der Waals surface area contributed by atoms with Gasteiger partial charge in [0.2, 0.25) is 0 Å². The van der Waals surface area contributed by atoms with Crippen LogP contribution in [0, 0.1) is 0 Å². The number of para-hydroxylation sites is 3. The van der Waals surface area contributed by atoms with Crippen LogP contribution in [0.3, 0.4) is 0 Å². The fourth-order valence-electron chi connectivity index (χ4n) is 8.21. The summed E-state index contributed by atoms with van der Waals surface area (Å²) in [7, 11) is 0. The maximum Gasteiger partial charge on any atom is 0.143 e. The van der Waals surface area contributed by atoms with E-state index in [1.807, 2.05) is 24.3 Å². The first-order valence-corrected chi connectivity index (χ1v) is 19.3. The number of fused-ring (bicyclic) bond motifs is 6. The molecule has 0 radical (unpaired) electrons. The Labute approximate surface area is 330 Å². The average Bonchev–Trinajstić information content (AvgIpc) is 3.86. The Balaban J connectivity index is 0.960. The van der Waals surface area contributed by atoms with Crippen LogP contribution in [0.4, 0.5) is 17.1 Å². The Morgan fingerprint density at radius 2 is 0.684 bits per heavy atom. The fourth-order valence-corrected chi connectivity index (χ4v) is 8.21. The largest absolute Gasteiger partial charge is 0.456 e. The summed E-state index contributed by atoms with van der Waals surface area (Å²) < 4.78 is 12.5. The Hall–Kier alpha value is -7.62. The van der Waals surface area contributed by atoms with Gasteiger partial charge in [-0.1, -0.05) is 152 Å². The number of rotatable bonds is 7. The summed E-state index contributed by atoms with van der Waals surface area (Å²) in [6.45, 7) is 0. The predicted molar refractivity (Wildman–Crippen MR) is 237 cm³/mol. The Kier molecular flexibility index (Phi) is 7.82. The fraction of sp³-hybridized carbons (Fsp3) is 0. The number of anilines is 3. The van der Waals surface area contributed by atoms with Gasteiger partial charge in [0.25, 0.3) is 0 Å². The van der Waals surface area contributed by atoms with Gasteiger partial charge in [-0.25, -0.2) is 0 Å². The summed E-state index contributed by atoms with van der Waals surface area (Å²) in [5.41, 5.74) is 16.1. The molecule has 0 unspecified atom stereocenters. The third kappa shape index (κ3) is 5.85. The minimum Gasteiger partial charge on any atom is -0.456 e. The molecular weight excluding hydrogens is 695 g/mol. The first-order valence-electron chi connectivity index (χ1n) is 19.3. The summed E-state index contributed by atoms with van der Waals surface area (Å²) >= 11 is 0. The zero-order chi connectivity index (χ0) is 37.7. The first kappa shape index (κ1) is 32.8. The van der Waals surface area contributed by atoms with Gasteiger partial charge in [0.1, 0.15) is 22.3 Å². The van der Waals surface area contributed by atoms with Crippen LogP contribution in [0.15, 0.2) is 221 Å². The molecule has 0 N–H and O–H groups in total. The van der Waals surface area contributed by atoms with Crippen molar-refractivity contribution in [2.24, 2.45) is 0 Å². The lowest BCUT2D eigenvalue weighted by atomic mass is 9.99. The maximum atomic E-state index is 6.40. The van der Waals surface area contributed by atoms with Crippen molar-refractivity contribution in [1.29, 1.82) is 0 Å². The first-order chi connectivity index (χ1) is 28.2. The lowest BCUT2D eigenvalue weighted by Gasteiger charge is -2.26. The zero-order valence-electron chi connectivity index (χ0n) is 31.0. The molecule has 0 aliphatic heterocycles. The summed E-state index contributed by atoms with van der Waals surface area (Å²) in [6.07, 6.45) is 0. The normalized spacial score (nSPS) is 11.5. The number of benzene rings is 9. The van der Waals surface area contributed by atoms with Crippen LogP contribution in [-0.2, 0) is 0 Å². The van der Waals surface area contributed by atoms with Crippen LogP contribution >= 0.6 is 0 Å². The van der Waals surface area contributed by atoms with Crippen LogP contribution in [-0.4, -0.2) is 0 Å². The van der Waals surface area contributed by atoms with Gasteiger partial charge in [0, 0.05) is 44.2 Å². The van der Waals surface area contributed by atoms with Crippen molar-refractivity contribution in [3.05, 3.63) is 212 Å². The van der Waals surface area contributed by atoms with Crippen molar-refractivity contribution in [3.8, 4) is 44.5 Å². The molecule has 0 spiro atoms. The second-order valence-corrected chi connectivity index (χ2v) is 14.5. The van der Waals surface area contributed by atoms with Gasteiger partial charge in [-0.15, -0.1) is 0 Å². The SMILES string of the molecule is c1ccc(-c2ccc(-c3ccc(N(c4ccc(-c5ccc6oc7ccccc7c6c5)cc4)c4ccc(-c5cccc6c5oc5ccccc56)cc4)cc3)cc2)cc1. The number of hydrogen-bond donors (Lipinski definition) is 0. The van der Waals surface area contributed by atoms with Gasteiger partial charge in [-0.3, -0.25) is 0 Å². The Bertz CT molecular complexity index is 3190. The molecule has 0 amide bonds. The molecular formula is C54H35NO2. The average molecular weight is 730 g/mol. The lowest BCUT2D eigenvalue weighted by molar-refractivity contribution is 0.669. The van der Waals surface area contributed by atoms with E-state index in [9.17, 15) is 0 Å². The van der Waals surface area contributed by atoms with E-state index in [-0.39, 0.29) is 0 Å². The van der Waals surface area contributed by atoms with Gasteiger partial charge in [0.05, 0.1) is 0 Å². The van der Waals surface area contributed by atoms with E-state index >= 15 is 0 Å². The molecule has 0 aliphatic carbocycles. The van der Waals surface area contributed by atoms with Crippen molar-refractivity contribution in [2.45, 2.75) is 0 Å². The van der Waals surface area contributed by atoms with E-state index in [2.05, 4.69) is 193 Å². The highest BCUT2D eigenvalue weighted by atomic mass is 16.3. The number of furan rings is 2. The molecule has 0 fully saturated rings. The molecule has 9 aromatic carbocycles. The van der Waals surface area contributed by atoms with Crippen molar-refractivity contribution in [2.75, 3.05) is 4.90 Å². The van der Waals surface area contributed by atoms with E-state index in [1.54, 1.807) is 0 Å². The highest BCUT2D eigenvalue weighted by Gasteiger charge is 2.16. The second kappa shape index (κ2) is 13.6. The zero-order valence-corrected chi connectivity index (χ0v) is 31.0. The summed E-state index contributed by atoms with van der Waals surface area (Å²) in [6, 6.07) is 75.2. The monoisotopic (exact) mass is 729 g/mol. The van der Waals surface area contributed by atoms with Crippen molar-refractivity contribution < 1.29 is 8.83 Å². The molecule has 0 atom stereocenters. The number of hydrogen-bond acceptors (Lipinski definition) is 3. The number of nitrogens with zero attached hydrogens (tertiary/aromatic N) is 1. The molecule has 11 aromatic rings. The summed E-state index contributed by atoms with van der Waals surface area (Å²) in [5.74, 6) is 0. The van der Waals surface area contributed by atoms with E-state index in [4.69, 9.17) is 8.83 Å². The molecule has 0 saturated carbocycles. The molecule has 0 saturated heterocycles. The minimum atomic E-state index is 0.901. The van der Waals surface area contributed by atoms with E-state index < -0.39 is 0 Å². The van der Waals surface area contributed by atoms with Crippen LogP contribution in [0.2, 0.25) is 0 Å². The third-order valence-corrected chi connectivity index (χ3v) is 11.1. The Morgan fingerprint density at radius 1 is 0.263 bits per heavy atom. The summed E-state index contributed by atoms with van der Waals surface area (Å²) in [4.78, 5) is 2.32. The highest BCUT2D eigenvalue weighted by Crippen LogP contribution is 2.41. The van der Waals surface area contributed by atoms with Crippen LogP contribution < -0.4 is 4.90 Å². The van der Waals surface area contributed by atoms with Crippen molar-refractivity contribution >= 4 is 60.9 Å². The Morgan fingerprint density at radius 3 is 1.30 bits per heavy atom. The van der Waals surface area contributed by atoms with Gasteiger partial charge >= 0.3 is 0 Å². The minimum absolute atomic E-state index is 0.901. The predicted octanol–water partition coefficient (Wildman–Crippen LogP) is 15.6. The van der Waals surface area contributed by atoms with Gasteiger partial charge in [-0.2, -0.15) is 0 Å². The molecule has 2 aromatic heterocycles.